The van der Waals surface area contributed by atoms with Gasteiger partial charge in [0.05, 0.1) is 10.6 Å². The van der Waals surface area contributed by atoms with Gasteiger partial charge in [-0.3, -0.25) is 4.79 Å². The van der Waals surface area contributed by atoms with Crippen molar-refractivity contribution in [2.45, 2.75) is 13.2 Å². The Morgan fingerprint density at radius 1 is 1.18 bits per heavy atom. The molecular weight excluding hydrogens is 319 g/mol. The van der Waals surface area contributed by atoms with Gasteiger partial charge in [0.2, 0.25) is 0 Å². The van der Waals surface area contributed by atoms with E-state index in [1.165, 1.54) is 18.2 Å². The van der Waals surface area contributed by atoms with Gasteiger partial charge in [-0.05, 0) is 35.9 Å². The molecule has 2 rings (SSSR count). The molecule has 0 unspecified atom stereocenters. The molecule has 2 aromatic carbocycles. The van der Waals surface area contributed by atoms with E-state index in [1.54, 1.807) is 12.1 Å². The molecule has 0 spiro atoms. The molecule has 0 bridgehead atoms. The maximum absolute atomic E-state index is 12.9. The van der Waals surface area contributed by atoms with E-state index in [2.05, 4.69) is 10.1 Å². The number of carbonyl (C=O) groups is 1. The first kappa shape index (κ1) is 16.2. The largest absolute Gasteiger partial charge is 0.435 e. The lowest BCUT2D eigenvalue weighted by Gasteiger charge is -2.08. The predicted octanol–water partition coefficient (Wildman–Crippen LogP) is 4.01. The Kier molecular flexibility index (Phi) is 5.27. The van der Waals surface area contributed by atoms with Crippen LogP contribution in [0.15, 0.2) is 42.5 Å². The summed E-state index contributed by atoms with van der Waals surface area (Å²) in [7, 11) is 0. The molecule has 22 heavy (non-hydrogen) atoms. The normalized spacial score (nSPS) is 10.6. The average molecular weight is 330 g/mol. The van der Waals surface area contributed by atoms with Crippen LogP contribution in [0.4, 0.5) is 13.2 Å². The Balaban J connectivity index is 1.96. The summed E-state index contributed by atoms with van der Waals surface area (Å²) in [5.41, 5.74) is 0.842. The second-order valence-electron chi connectivity index (χ2n) is 4.33. The molecule has 7 heteroatoms. The molecule has 0 saturated carbocycles. The Hall–Kier alpha value is -2.21. The van der Waals surface area contributed by atoms with Crippen molar-refractivity contribution in [2.75, 3.05) is 0 Å². The number of benzene rings is 2. The van der Waals surface area contributed by atoms with Crippen molar-refractivity contribution in [3.05, 3.63) is 64.4 Å². The number of rotatable bonds is 5. The van der Waals surface area contributed by atoms with Crippen LogP contribution in [0.1, 0.15) is 15.9 Å². The van der Waals surface area contributed by atoms with Gasteiger partial charge >= 0.3 is 6.61 Å². The van der Waals surface area contributed by atoms with E-state index >= 15 is 0 Å². The maximum Gasteiger partial charge on any atom is 0.387 e. The lowest BCUT2D eigenvalue weighted by atomic mass is 10.2. The SMILES string of the molecule is O=C(NCc1ccc(OC(F)F)cc1)c1ccc(F)cc1Cl. The van der Waals surface area contributed by atoms with Crippen molar-refractivity contribution in [3.8, 4) is 5.75 Å². The van der Waals surface area contributed by atoms with Gasteiger partial charge < -0.3 is 10.1 Å². The van der Waals surface area contributed by atoms with Gasteiger partial charge in [0.25, 0.3) is 5.91 Å². The van der Waals surface area contributed by atoms with Gasteiger partial charge in [-0.1, -0.05) is 23.7 Å². The van der Waals surface area contributed by atoms with Gasteiger partial charge in [0.15, 0.2) is 0 Å². The smallest absolute Gasteiger partial charge is 0.387 e. The highest BCUT2D eigenvalue weighted by atomic mass is 35.5. The highest BCUT2D eigenvalue weighted by Crippen LogP contribution is 2.18. The minimum Gasteiger partial charge on any atom is -0.435 e. The zero-order chi connectivity index (χ0) is 16.1. The van der Waals surface area contributed by atoms with Gasteiger partial charge in [-0.15, -0.1) is 0 Å². The second-order valence-corrected chi connectivity index (χ2v) is 4.74. The molecule has 0 aliphatic rings. The molecule has 0 aliphatic carbocycles. The Morgan fingerprint density at radius 3 is 2.45 bits per heavy atom. The molecule has 0 radical (unpaired) electrons. The number of alkyl halides is 2. The quantitative estimate of drug-likeness (QED) is 0.900. The van der Waals surface area contributed by atoms with Crippen LogP contribution < -0.4 is 10.1 Å². The van der Waals surface area contributed by atoms with Crippen molar-refractivity contribution in [2.24, 2.45) is 0 Å². The fourth-order valence-corrected chi connectivity index (χ4v) is 1.99. The zero-order valence-electron chi connectivity index (χ0n) is 11.2. The summed E-state index contributed by atoms with van der Waals surface area (Å²) in [6, 6.07) is 9.31. The van der Waals surface area contributed by atoms with Crippen LogP contribution >= 0.6 is 11.6 Å². The number of hydrogen-bond donors (Lipinski definition) is 1. The third-order valence-corrected chi connectivity index (χ3v) is 3.09. The van der Waals surface area contributed by atoms with E-state index in [-0.39, 0.29) is 22.9 Å². The first-order valence-corrected chi connectivity index (χ1v) is 6.60. The molecule has 1 N–H and O–H groups in total. The number of ether oxygens (including phenoxy) is 1. The zero-order valence-corrected chi connectivity index (χ0v) is 11.9. The molecular formula is C15H11ClF3NO2. The van der Waals surface area contributed by atoms with E-state index in [9.17, 15) is 18.0 Å². The number of carbonyl (C=O) groups excluding carboxylic acids is 1. The van der Waals surface area contributed by atoms with Crippen LogP contribution in [-0.4, -0.2) is 12.5 Å². The molecule has 1 amide bonds. The van der Waals surface area contributed by atoms with E-state index in [0.29, 0.717) is 5.56 Å². The number of hydrogen-bond acceptors (Lipinski definition) is 2. The second kappa shape index (κ2) is 7.17. The van der Waals surface area contributed by atoms with Crippen molar-refractivity contribution in [1.29, 1.82) is 0 Å². The lowest BCUT2D eigenvalue weighted by molar-refractivity contribution is -0.0498. The monoisotopic (exact) mass is 329 g/mol. The van der Waals surface area contributed by atoms with Crippen LogP contribution in [0.3, 0.4) is 0 Å². The fraction of sp³-hybridized carbons (Fsp3) is 0.133. The van der Waals surface area contributed by atoms with Crippen LogP contribution in [-0.2, 0) is 6.54 Å². The minimum atomic E-state index is -2.88. The van der Waals surface area contributed by atoms with Crippen LogP contribution in [0, 0.1) is 5.82 Å². The van der Waals surface area contributed by atoms with E-state index in [4.69, 9.17) is 11.6 Å². The van der Waals surface area contributed by atoms with Crippen molar-refractivity contribution >= 4 is 17.5 Å². The average Bonchev–Trinajstić information content (AvgIpc) is 2.45. The number of halogens is 4. The fourth-order valence-electron chi connectivity index (χ4n) is 1.74. The molecule has 0 atom stereocenters. The molecule has 0 aromatic heterocycles. The van der Waals surface area contributed by atoms with Crippen LogP contribution in [0.25, 0.3) is 0 Å². The number of amides is 1. The molecule has 0 fully saturated rings. The summed E-state index contributed by atoms with van der Waals surface area (Å²) in [4.78, 5) is 11.9. The topological polar surface area (TPSA) is 38.3 Å². The minimum absolute atomic E-state index is 0.0122. The maximum atomic E-state index is 12.9. The first-order chi connectivity index (χ1) is 10.5. The highest BCUT2D eigenvalue weighted by molar-refractivity contribution is 6.33. The summed E-state index contributed by atoms with van der Waals surface area (Å²) in [6.07, 6.45) is 0. The van der Waals surface area contributed by atoms with E-state index < -0.39 is 18.3 Å². The molecule has 2 aromatic rings. The van der Waals surface area contributed by atoms with Gasteiger partial charge in [0, 0.05) is 6.54 Å². The highest BCUT2D eigenvalue weighted by Gasteiger charge is 2.11. The molecule has 116 valence electrons. The van der Waals surface area contributed by atoms with E-state index in [1.807, 2.05) is 0 Å². The standard InChI is InChI=1S/C15H11ClF3NO2/c16-13-7-10(17)3-6-12(13)14(21)20-8-9-1-4-11(5-2-9)22-15(18)19/h1-7,15H,8H2,(H,20,21). The predicted molar refractivity (Wildman–Crippen MR) is 75.7 cm³/mol. The van der Waals surface area contributed by atoms with Crippen molar-refractivity contribution in [1.82, 2.24) is 5.32 Å². The van der Waals surface area contributed by atoms with Gasteiger partial charge in [-0.25, -0.2) is 4.39 Å². The van der Waals surface area contributed by atoms with Gasteiger partial charge in [0.1, 0.15) is 11.6 Å². The third-order valence-electron chi connectivity index (χ3n) is 2.78. The Bertz CT molecular complexity index is 662. The molecule has 0 aliphatic heterocycles. The van der Waals surface area contributed by atoms with Crippen LogP contribution in [0.5, 0.6) is 5.75 Å². The van der Waals surface area contributed by atoms with Crippen molar-refractivity contribution < 1.29 is 22.7 Å². The Morgan fingerprint density at radius 2 is 1.86 bits per heavy atom. The van der Waals surface area contributed by atoms with Crippen molar-refractivity contribution in [3.63, 3.8) is 0 Å². The summed E-state index contributed by atoms with van der Waals surface area (Å²) < 4.78 is 41.1. The third kappa shape index (κ3) is 4.39. The number of nitrogens with one attached hydrogen (secondary N) is 1. The Labute approximate surface area is 129 Å². The first-order valence-electron chi connectivity index (χ1n) is 6.22. The summed E-state index contributed by atoms with van der Waals surface area (Å²) in [5.74, 6) is -0.958. The lowest BCUT2D eigenvalue weighted by Crippen LogP contribution is -2.23. The molecule has 0 saturated heterocycles. The van der Waals surface area contributed by atoms with Crippen LogP contribution in [0.2, 0.25) is 5.02 Å². The summed E-state index contributed by atoms with van der Waals surface area (Å²) >= 11 is 5.79. The molecule has 0 heterocycles. The summed E-state index contributed by atoms with van der Waals surface area (Å²) in [5, 5.41) is 2.61. The van der Waals surface area contributed by atoms with Gasteiger partial charge in [-0.2, -0.15) is 8.78 Å². The molecule has 3 nitrogen and oxygen atoms in total. The van der Waals surface area contributed by atoms with E-state index in [0.717, 1.165) is 12.1 Å². The summed E-state index contributed by atoms with van der Waals surface area (Å²) in [6.45, 7) is -2.72.